The molecule has 0 amide bonds. The molecule has 1 N–H and O–H groups in total. The van der Waals surface area contributed by atoms with Gasteiger partial charge in [0.05, 0.1) is 17.8 Å². The molecule has 1 aromatic heterocycles. The van der Waals surface area contributed by atoms with Crippen LogP contribution in [0.15, 0.2) is 24.3 Å². The average Bonchev–Trinajstić information content (AvgIpc) is 2.62. The van der Waals surface area contributed by atoms with Gasteiger partial charge in [0, 0.05) is 5.69 Å². The minimum atomic E-state index is -0.861. The largest absolute Gasteiger partial charge is 0.481 e. The summed E-state index contributed by atoms with van der Waals surface area (Å²) in [5, 5.41) is 13.1. The monoisotopic (exact) mass is 244 g/mol. The molecule has 0 unspecified atom stereocenters. The minimum absolute atomic E-state index is 0.0430. The number of carbonyl (C=O) groups is 1. The Labute approximate surface area is 106 Å². The van der Waals surface area contributed by atoms with E-state index in [1.54, 1.807) is 4.68 Å². The van der Waals surface area contributed by atoms with E-state index in [2.05, 4.69) is 25.0 Å². The maximum Gasteiger partial charge on any atom is 0.309 e. The van der Waals surface area contributed by atoms with E-state index in [4.69, 9.17) is 5.11 Å². The fraction of sp³-hybridized carbons (Fsp3) is 0.286. The number of hydrogen-bond donors (Lipinski definition) is 1. The molecule has 2 aromatic rings. The van der Waals surface area contributed by atoms with Gasteiger partial charge in [-0.1, -0.05) is 6.07 Å². The van der Waals surface area contributed by atoms with E-state index in [9.17, 15) is 4.79 Å². The van der Waals surface area contributed by atoms with Crippen LogP contribution < -0.4 is 0 Å². The highest BCUT2D eigenvalue weighted by atomic mass is 16.4. The van der Waals surface area contributed by atoms with E-state index in [0.717, 1.165) is 11.4 Å². The zero-order valence-corrected chi connectivity index (χ0v) is 10.8. The summed E-state index contributed by atoms with van der Waals surface area (Å²) in [6, 6.07) is 7.90. The fourth-order valence-corrected chi connectivity index (χ4v) is 1.90. The molecule has 2 rings (SSSR count). The first-order valence-corrected chi connectivity index (χ1v) is 5.82. The van der Waals surface area contributed by atoms with Crippen molar-refractivity contribution in [2.45, 2.75) is 27.2 Å². The molecule has 18 heavy (non-hydrogen) atoms. The lowest BCUT2D eigenvalue weighted by atomic mass is 10.1. The van der Waals surface area contributed by atoms with E-state index >= 15 is 0 Å². The molecule has 0 aliphatic carbocycles. The minimum Gasteiger partial charge on any atom is -0.481 e. The molecule has 1 aromatic carbocycles. The second-order valence-corrected chi connectivity index (χ2v) is 4.53. The maximum absolute atomic E-state index is 10.7. The normalized spacial score (nSPS) is 10.6. The van der Waals surface area contributed by atoms with Crippen molar-refractivity contribution >= 4 is 5.97 Å². The zero-order chi connectivity index (χ0) is 13.3. The molecular formula is C14H16N2O2. The van der Waals surface area contributed by atoms with Crippen molar-refractivity contribution in [3.8, 4) is 5.69 Å². The molecule has 1 heterocycles. The van der Waals surface area contributed by atoms with E-state index < -0.39 is 5.97 Å². The number of benzene rings is 1. The summed E-state index contributed by atoms with van der Waals surface area (Å²) in [5.41, 5.74) is 4.91. The number of rotatable bonds is 3. The van der Waals surface area contributed by atoms with Crippen molar-refractivity contribution in [2.24, 2.45) is 0 Å². The van der Waals surface area contributed by atoms with Crippen LogP contribution in [0, 0.1) is 20.8 Å². The quantitative estimate of drug-likeness (QED) is 0.902. The molecular weight excluding hydrogens is 228 g/mol. The van der Waals surface area contributed by atoms with Gasteiger partial charge in [-0.3, -0.25) is 4.79 Å². The molecule has 0 aliphatic rings. The lowest BCUT2D eigenvalue weighted by Gasteiger charge is -2.07. The molecule has 0 aliphatic heterocycles. The van der Waals surface area contributed by atoms with Crippen LogP contribution in [0.3, 0.4) is 0 Å². The second-order valence-electron chi connectivity index (χ2n) is 4.53. The summed E-state index contributed by atoms with van der Waals surface area (Å²) in [7, 11) is 0. The molecule has 0 fully saturated rings. The van der Waals surface area contributed by atoms with Crippen molar-refractivity contribution in [3.63, 3.8) is 0 Å². The Morgan fingerprint density at radius 3 is 2.56 bits per heavy atom. The van der Waals surface area contributed by atoms with Gasteiger partial charge in [0.2, 0.25) is 0 Å². The zero-order valence-electron chi connectivity index (χ0n) is 10.8. The Balaban J connectivity index is 2.41. The predicted molar refractivity (Wildman–Crippen MR) is 69.1 cm³/mol. The van der Waals surface area contributed by atoms with Gasteiger partial charge in [-0.2, -0.15) is 5.10 Å². The number of carboxylic acid groups (broad SMARTS) is 1. The third-order valence-electron chi connectivity index (χ3n) is 3.01. The van der Waals surface area contributed by atoms with Crippen LogP contribution in [0.4, 0.5) is 0 Å². The van der Waals surface area contributed by atoms with Crippen molar-refractivity contribution in [3.05, 3.63) is 46.8 Å². The van der Waals surface area contributed by atoms with E-state index in [1.165, 1.54) is 11.1 Å². The average molecular weight is 244 g/mol. The van der Waals surface area contributed by atoms with Crippen LogP contribution in [-0.2, 0) is 11.2 Å². The van der Waals surface area contributed by atoms with Gasteiger partial charge >= 0.3 is 5.97 Å². The summed E-state index contributed by atoms with van der Waals surface area (Å²) < 4.78 is 1.78. The summed E-state index contributed by atoms with van der Waals surface area (Å²) in [5.74, 6) is -0.861. The van der Waals surface area contributed by atoms with Crippen LogP contribution in [0.5, 0.6) is 0 Å². The van der Waals surface area contributed by atoms with Gasteiger partial charge in [-0.15, -0.1) is 0 Å². The summed E-state index contributed by atoms with van der Waals surface area (Å²) in [6.45, 7) is 6.04. The molecule has 94 valence electrons. The van der Waals surface area contributed by atoms with Gasteiger partial charge < -0.3 is 5.11 Å². The molecule has 0 bridgehead atoms. The first kappa shape index (κ1) is 12.4. The summed E-state index contributed by atoms with van der Waals surface area (Å²) >= 11 is 0. The third kappa shape index (κ3) is 2.42. The molecule has 0 saturated carbocycles. The lowest BCUT2D eigenvalue weighted by molar-refractivity contribution is -0.136. The molecule has 0 spiro atoms. The number of carboxylic acids is 1. The molecule has 4 nitrogen and oxygen atoms in total. The third-order valence-corrected chi connectivity index (χ3v) is 3.01. The summed E-state index contributed by atoms with van der Waals surface area (Å²) in [4.78, 5) is 10.7. The fourth-order valence-electron chi connectivity index (χ4n) is 1.90. The van der Waals surface area contributed by atoms with Gasteiger partial charge in [-0.05, 0) is 50.1 Å². The Bertz CT molecular complexity index is 600. The Kier molecular flexibility index (Phi) is 3.19. The first-order chi connectivity index (χ1) is 8.47. The maximum atomic E-state index is 10.7. The van der Waals surface area contributed by atoms with Crippen LogP contribution >= 0.6 is 0 Å². The summed E-state index contributed by atoms with van der Waals surface area (Å²) in [6.07, 6.45) is -0.0430. The Morgan fingerprint density at radius 2 is 1.94 bits per heavy atom. The highest BCUT2D eigenvalue weighted by Gasteiger charge is 2.09. The van der Waals surface area contributed by atoms with Crippen molar-refractivity contribution < 1.29 is 9.90 Å². The van der Waals surface area contributed by atoms with Gasteiger partial charge in [0.1, 0.15) is 0 Å². The van der Waals surface area contributed by atoms with Gasteiger partial charge in [-0.25, -0.2) is 4.68 Å². The number of aromatic nitrogens is 2. The van der Waals surface area contributed by atoms with Gasteiger partial charge in [0.15, 0.2) is 0 Å². The predicted octanol–water partition coefficient (Wildman–Crippen LogP) is 2.42. The van der Waals surface area contributed by atoms with E-state index in [-0.39, 0.29) is 6.42 Å². The van der Waals surface area contributed by atoms with Crippen molar-refractivity contribution in [1.29, 1.82) is 0 Å². The number of hydrogen-bond acceptors (Lipinski definition) is 2. The Hall–Kier alpha value is -2.10. The number of nitrogens with zero attached hydrogens (tertiary/aromatic N) is 2. The number of aryl methyl sites for hydroxylation is 3. The standard InChI is InChI=1S/C14H16N2O2/c1-9-4-5-13(6-10(9)2)16-11(3)7-12(15-16)8-14(17)18/h4-7H,8H2,1-3H3,(H,17,18). The SMILES string of the molecule is Cc1ccc(-n2nc(CC(=O)O)cc2C)cc1C. The highest BCUT2D eigenvalue weighted by Crippen LogP contribution is 2.16. The van der Waals surface area contributed by atoms with E-state index in [0.29, 0.717) is 5.69 Å². The van der Waals surface area contributed by atoms with Crippen LogP contribution in [-0.4, -0.2) is 20.9 Å². The Morgan fingerprint density at radius 1 is 1.22 bits per heavy atom. The van der Waals surface area contributed by atoms with E-state index in [1.807, 2.05) is 25.1 Å². The first-order valence-electron chi connectivity index (χ1n) is 5.82. The van der Waals surface area contributed by atoms with Crippen LogP contribution in [0.25, 0.3) is 5.69 Å². The van der Waals surface area contributed by atoms with Crippen molar-refractivity contribution in [1.82, 2.24) is 9.78 Å². The molecule has 0 radical (unpaired) electrons. The van der Waals surface area contributed by atoms with Crippen LogP contribution in [0.2, 0.25) is 0 Å². The highest BCUT2D eigenvalue weighted by molar-refractivity contribution is 5.69. The second kappa shape index (κ2) is 4.64. The smallest absolute Gasteiger partial charge is 0.309 e. The topological polar surface area (TPSA) is 55.1 Å². The molecule has 0 atom stereocenters. The molecule has 0 saturated heterocycles. The molecule has 4 heteroatoms. The lowest BCUT2D eigenvalue weighted by Crippen LogP contribution is -2.03. The van der Waals surface area contributed by atoms with Crippen molar-refractivity contribution in [2.75, 3.05) is 0 Å². The van der Waals surface area contributed by atoms with Gasteiger partial charge in [0.25, 0.3) is 0 Å². The van der Waals surface area contributed by atoms with Crippen LogP contribution in [0.1, 0.15) is 22.5 Å². The number of aliphatic carboxylic acids is 1.